The number of aromatic hydroxyl groups is 2. The average molecular weight is 1580 g/mol. The zero-order chi connectivity index (χ0) is 81.1. The molecule has 3 amide bonds. The van der Waals surface area contributed by atoms with Crippen LogP contribution in [-0.4, -0.2) is 275 Å². The third kappa shape index (κ3) is 19.2. The number of aromatic amines is 1. The summed E-state index contributed by atoms with van der Waals surface area (Å²) in [5.41, 5.74) is 0.556. The first-order valence-electron chi connectivity index (χ1n) is 35.6. The number of nitrogens with zero attached hydrogens (tertiary/aromatic N) is 7. The van der Waals surface area contributed by atoms with Gasteiger partial charge in [-0.05, 0) is 55.3 Å². The van der Waals surface area contributed by atoms with Crippen molar-refractivity contribution in [1.29, 1.82) is 0 Å². The van der Waals surface area contributed by atoms with E-state index in [-0.39, 0.29) is 141 Å². The number of carboxylic acid groups (broad SMARTS) is 1. The number of nitrogens with one attached hydrogen (secondary N) is 5. The quantitative estimate of drug-likeness (QED) is 0.00989. The number of H-pyrrole nitrogens is 1. The minimum Gasteiger partial charge on any atom is -0.507 e. The number of aliphatic carboxylic acids is 1. The fourth-order valence-electron chi connectivity index (χ4n) is 13.5. The van der Waals surface area contributed by atoms with E-state index in [4.69, 9.17) is 48.4 Å². The largest absolute Gasteiger partial charge is 0.507 e. The number of carbonyl (C=O) groups is 7. The molecule has 0 radical (unpaired) electrons. The summed E-state index contributed by atoms with van der Waals surface area (Å²) in [5, 5.41) is 142. The van der Waals surface area contributed by atoms with E-state index in [0.717, 1.165) is 12.1 Å². The maximum absolute atomic E-state index is 14.3. The van der Waals surface area contributed by atoms with E-state index >= 15 is 0 Å². The minimum absolute atomic E-state index is 0.00985. The highest BCUT2D eigenvalue weighted by Crippen LogP contribution is 2.53. The molecule has 113 heavy (non-hydrogen) atoms. The van der Waals surface area contributed by atoms with Crippen LogP contribution in [0.4, 0.5) is 22.1 Å². The molecule has 0 spiro atoms. The van der Waals surface area contributed by atoms with Crippen molar-refractivity contribution in [3.63, 3.8) is 0 Å². The molecule has 7 unspecified atom stereocenters. The van der Waals surface area contributed by atoms with Crippen molar-refractivity contribution in [2.45, 2.75) is 137 Å². The Balaban J connectivity index is 0.647. The van der Waals surface area contributed by atoms with Gasteiger partial charge < -0.3 is 121 Å². The second-order valence-corrected chi connectivity index (χ2v) is 27.0. The van der Waals surface area contributed by atoms with Gasteiger partial charge >= 0.3 is 17.7 Å². The fraction of sp³-hybridized carbons (Fsp3) is 0.479. The number of anilines is 2. The molecule has 14 atom stereocenters. The first kappa shape index (κ1) is 82.8. The minimum atomic E-state index is -2.52. The van der Waals surface area contributed by atoms with Gasteiger partial charge in [-0.3, -0.25) is 48.9 Å². The zero-order valence-corrected chi connectivity index (χ0v) is 60.5. The number of amides is 3. The Morgan fingerprint density at radius 2 is 1.59 bits per heavy atom. The third-order valence-corrected chi connectivity index (χ3v) is 19.4. The van der Waals surface area contributed by atoms with E-state index in [1.54, 1.807) is 17.1 Å². The highest BCUT2D eigenvalue weighted by atomic mass is 16.7. The topological polar surface area (TPSA) is 622 Å². The van der Waals surface area contributed by atoms with Gasteiger partial charge in [-0.15, -0.1) is 0 Å². The zero-order valence-electron chi connectivity index (χ0n) is 60.5. The number of carboxylic acids is 1. The number of nitrogens with two attached hydrogens (primary N) is 1. The number of aliphatic hydroxyl groups is 7. The van der Waals surface area contributed by atoms with Crippen LogP contribution in [0.15, 0.2) is 82.0 Å². The molecule has 11 rings (SSSR count). The van der Waals surface area contributed by atoms with E-state index in [2.05, 4.69) is 51.5 Å². The van der Waals surface area contributed by atoms with Crippen molar-refractivity contribution in [3.8, 4) is 23.0 Å². The highest BCUT2D eigenvalue weighted by Gasteiger charge is 2.51. The Morgan fingerprint density at radius 1 is 0.867 bits per heavy atom. The van der Waals surface area contributed by atoms with Gasteiger partial charge in [0.05, 0.1) is 131 Å². The maximum atomic E-state index is 14.3. The lowest BCUT2D eigenvalue weighted by Crippen LogP contribution is -2.60. The van der Waals surface area contributed by atoms with Gasteiger partial charge in [-0.25, -0.2) is 19.6 Å². The van der Waals surface area contributed by atoms with Crippen LogP contribution in [0.2, 0.25) is 0 Å². The van der Waals surface area contributed by atoms with Gasteiger partial charge in [0.15, 0.2) is 34.8 Å². The summed E-state index contributed by atoms with van der Waals surface area (Å²) >= 11 is 0. The number of alkyl carbamates (subject to hydrolysis) is 1. The number of Topliss-reactive ketones (excluding diaryl/α,β-unsaturated/α-hetero) is 1. The number of fused-ring (bicyclic) bond motifs is 4. The maximum Gasteiger partial charge on any atom is 0.408 e. The molecule has 3 aliphatic heterocycles. The van der Waals surface area contributed by atoms with E-state index in [1.807, 2.05) is 0 Å². The van der Waals surface area contributed by atoms with Gasteiger partial charge in [0.1, 0.15) is 72.1 Å². The molecule has 606 valence electrons. The molecule has 2 aromatic heterocycles. The number of nitro benzene ring substituents is 1. The Morgan fingerprint density at radius 3 is 2.30 bits per heavy atom. The standard InChI is InChI=1S/C71H83N13O29/c1-32-56(89)41(24-50(109-32)110-46-26-71(102,48(87)31-86)25-39-52(46)61(94)54-53(58(39)91)57(90)38-4-3-5-44(105-2)51(38)60(54)93)78-70(101)113-45(34-8-12-43(42(22-34)84(103)104)111-68-63(96)62(95)59(92)47(30-85)112-68)23-36-29-83(82-81-36)15-17-107-19-21-108-20-18-106-16-14-73-49(88)13-11-40(67(99)100)77-65(97)33-6-9-35(10-7-33)74-27-37-28-75-64-55(76-37)66(98)80-69(72)79-64/h3-10,12,22,28,32,36,40-41,45-47,50,56,59,62-63,68,74,85-86,89,91-92,94-96,102H,11,13-21,23-27,29-31H2,1-2H3,(H,73,88)(H,77,97)(H,78,101)(H,99,100)(H3,72,75,79,80,98)/t32?,36?,40-,41?,45-,46-,47?,50?,56?,59-,62-,63?,68+,71-/m0/s1. The van der Waals surface area contributed by atoms with Crippen LogP contribution >= 0.6 is 0 Å². The number of phenolic OH excluding ortho intramolecular Hbond substituents is 2. The summed E-state index contributed by atoms with van der Waals surface area (Å²) in [6.45, 7) is 0.722. The summed E-state index contributed by atoms with van der Waals surface area (Å²) in [7, 11) is 1.25. The number of phenols is 2. The molecule has 5 heterocycles. The molecule has 5 aliphatic rings. The van der Waals surface area contributed by atoms with Crippen LogP contribution in [0.25, 0.3) is 11.2 Å². The van der Waals surface area contributed by atoms with E-state index < -0.39 is 203 Å². The Bertz CT molecular complexity index is 4630. The smallest absolute Gasteiger partial charge is 0.408 e. The second kappa shape index (κ2) is 36.6. The number of aliphatic hydroxyl groups excluding tert-OH is 6. The molecular weight excluding hydrogens is 1500 g/mol. The van der Waals surface area contributed by atoms with Gasteiger partial charge in [-0.1, -0.05) is 23.4 Å². The molecule has 2 fully saturated rings. The molecular formula is C71H83N13O29. The number of aromatic nitrogens is 4. The van der Waals surface area contributed by atoms with E-state index in [1.165, 1.54) is 56.6 Å². The van der Waals surface area contributed by atoms with Gasteiger partial charge in [0.2, 0.25) is 23.9 Å². The Labute approximate surface area is 639 Å². The van der Waals surface area contributed by atoms with Crippen molar-refractivity contribution in [2.24, 2.45) is 10.3 Å². The van der Waals surface area contributed by atoms with Crippen molar-refractivity contribution < 1.29 is 132 Å². The normalized spacial score (nSPS) is 23.6. The number of ether oxygens (including phenoxy) is 9. The third-order valence-electron chi connectivity index (χ3n) is 19.4. The predicted molar refractivity (Wildman–Crippen MR) is 382 cm³/mol. The van der Waals surface area contributed by atoms with Crippen LogP contribution in [0.1, 0.15) is 116 Å². The highest BCUT2D eigenvalue weighted by molar-refractivity contribution is 6.31. The monoisotopic (exact) mass is 1580 g/mol. The first-order chi connectivity index (χ1) is 54.1. The number of nitro groups is 1. The number of ketones is 3. The molecule has 4 aromatic carbocycles. The number of rotatable bonds is 35. The lowest BCUT2D eigenvalue weighted by atomic mass is 9.72. The molecule has 0 bridgehead atoms. The van der Waals surface area contributed by atoms with Gasteiger partial charge in [0, 0.05) is 72.7 Å². The van der Waals surface area contributed by atoms with Crippen molar-refractivity contribution in [1.82, 2.24) is 40.9 Å². The number of hydrogen-bond donors (Lipinski definition) is 16. The van der Waals surface area contributed by atoms with Crippen molar-refractivity contribution in [3.05, 3.63) is 138 Å². The number of carbonyl (C=O) groups excluding carboxylic acids is 6. The van der Waals surface area contributed by atoms with E-state index in [0.29, 0.717) is 11.4 Å². The molecule has 42 nitrogen and oxygen atoms in total. The first-order valence-corrected chi connectivity index (χ1v) is 35.6. The summed E-state index contributed by atoms with van der Waals surface area (Å²) in [5.74, 6) is -7.85. The van der Waals surface area contributed by atoms with Crippen LogP contribution in [0.3, 0.4) is 0 Å². The summed E-state index contributed by atoms with van der Waals surface area (Å²) in [4.78, 5) is 132. The summed E-state index contributed by atoms with van der Waals surface area (Å²) in [6, 6.07) is 10.1. The predicted octanol–water partition coefficient (Wildman–Crippen LogP) is -0.911. The number of methoxy groups -OCH3 is 1. The van der Waals surface area contributed by atoms with Crippen LogP contribution in [0, 0.1) is 10.1 Å². The molecule has 2 aliphatic carbocycles. The van der Waals surface area contributed by atoms with Crippen molar-refractivity contribution >= 4 is 69.7 Å². The Hall–Kier alpha value is -11.1. The van der Waals surface area contributed by atoms with Crippen LogP contribution < -0.4 is 42.0 Å². The fourth-order valence-corrected chi connectivity index (χ4v) is 13.5. The van der Waals surface area contributed by atoms with Crippen molar-refractivity contribution in [2.75, 3.05) is 90.6 Å². The average Bonchev–Trinajstić information content (AvgIpc) is 0.740. The molecule has 6 aromatic rings. The number of benzene rings is 4. The second-order valence-electron chi connectivity index (χ2n) is 27.0. The Kier molecular flexibility index (Phi) is 26.8. The summed E-state index contributed by atoms with van der Waals surface area (Å²) < 4.78 is 51.6. The lowest BCUT2D eigenvalue weighted by molar-refractivity contribution is -0.387. The molecule has 0 saturated carbocycles. The lowest BCUT2D eigenvalue weighted by Gasteiger charge is -2.42. The van der Waals surface area contributed by atoms with E-state index in [9.17, 15) is 99.5 Å². The van der Waals surface area contributed by atoms with Crippen LogP contribution in [0.5, 0.6) is 23.0 Å². The van der Waals surface area contributed by atoms with Crippen LogP contribution in [-0.2, 0) is 60.5 Å². The molecule has 42 heteroatoms. The molecule has 2 saturated heterocycles. The number of nitrogen functional groups attached to an aromatic ring is 1. The number of hydrogen-bond acceptors (Lipinski definition) is 36. The van der Waals surface area contributed by atoms with Gasteiger partial charge in [-0.2, -0.15) is 10.1 Å². The summed E-state index contributed by atoms with van der Waals surface area (Å²) in [6.07, 6.45) is -18.7. The van der Waals surface area contributed by atoms with Gasteiger partial charge in [0.25, 0.3) is 11.5 Å². The molecule has 17 N–H and O–H groups in total. The SMILES string of the molecule is COc1cccc2c1C(=O)c1c(O)c3c(c(O)c1C2=O)C[C@@](O)(C(=O)CO)C[C@@H]3OC1CC(NC(=O)O[C@@H](CC2CN(CCOCCOCCOCCNC(=O)CC[C@H](NC(=O)c3ccc(NCc4cnc5nc(N)[nH]c(=O)c5n4)cc3)C(=O)O)N=N2)c2ccc(O[C@@H]3OC(CO)[C@H](O)[C@H](O)C3O)c([N+](=O)[O-])c2)C(O)C(C)O1.